The van der Waals surface area contributed by atoms with Crippen LogP contribution in [0, 0.1) is 6.92 Å². The van der Waals surface area contributed by atoms with Crippen LogP contribution in [0.4, 0.5) is 11.4 Å². The van der Waals surface area contributed by atoms with Gasteiger partial charge in [-0.1, -0.05) is 23.7 Å². The molecule has 2 aromatic carbocycles. The second-order valence-corrected chi connectivity index (χ2v) is 7.56. The molecule has 2 amide bonds. The monoisotopic (exact) mass is 406 g/mol. The zero-order chi connectivity index (χ0) is 19.8. The molecule has 0 aliphatic carbocycles. The average Bonchev–Trinajstić information content (AvgIpc) is 2.64. The van der Waals surface area contributed by atoms with Gasteiger partial charge in [-0.2, -0.15) is 0 Å². The molecule has 0 aliphatic heterocycles. The van der Waals surface area contributed by atoms with E-state index in [1.165, 1.54) is 0 Å². The van der Waals surface area contributed by atoms with E-state index in [1.54, 1.807) is 23.9 Å². The summed E-state index contributed by atoms with van der Waals surface area (Å²) in [5, 5.41) is 6.35. The van der Waals surface area contributed by atoms with Crippen LogP contribution in [0.3, 0.4) is 0 Å². The summed E-state index contributed by atoms with van der Waals surface area (Å²) in [6, 6.07) is 13.1. The number of thioether (sulfide) groups is 1. The minimum absolute atomic E-state index is 0.114. The number of quaternary nitrogens is 1. The van der Waals surface area contributed by atoms with E-state index in [0.717, 1.165) is 21.0 Å². The third-order valence-corrected chi connectivity index (χ3v) is 5.11. The van der Waals surface area contributed by atoms with E-state index in [0.29, 0.717) is 17.3 Å². The lowest BCUT2D eigenvalue weighted by molar-refractivity contribution is -0.881. The molecule has 144 valence electrons. The Morgan fingerprint density at radius 1 is 1.07 bits per heavy atom. The number of anilines is 2. The first-order valence-corrected chi connectivity index (χ1v) is 10.3. The van der Waals surface area contributed by atoms with E-state index in [9.17, 15) is 9.59 Å². The van der Waals surface area contributed by atoms with Crippen LogP contribution >= 0.6 is 23.4 Å². The van der Waals surface area contributed by atoms with Gasteiger partial charge in [0.2, 0.25) is 0 Å². The van der Waals surface area contributed by atoms with Crippen LogP contribution in [0.5, 0.6) is 0 Å². The molecule has 1 atom stereocenters. The fraction of sp³-hybridized carbons (Fsp3) is 0.300. The number of aryl methyl sites for hydroxylation is 1. The summed E-state index contributed by atoms with van der Waals surface area (Å²) in [6.07, 6.45) is 1.99. The van der Waals surface area contributed by atoms with Crippen molar-refractivity contribution in [3.63, 3.8) is 0 Å². The molecule has 0 bridgehead atoms. The molecule has 0 saturated heterocycles. The molecular formula is C20H25ClN3O2S+. The quantitative estimate of drug-likeness (QED) is 0.591. The third-order valence-electron chi connectivity index (χ3n) is 4.15. The number of nitrogens with one attached hydrogen (secondary N) is 3. The molecule has 0 aromatic heterocycles. The minimum atomic E-state index is -0.144. The van der Waals surface area contributed by atoms with Gasteiger partial charge < -0.3 is 15.5 Å². The second-order valence-electron chi connectivity index (χ2n) is 6.24. The van der Waals surface area contributed by atoms with Crippen LogP contribution in [0.25, 0.3) is 0 Å². The van der Waals surface area contributed by atoms with Gasteiger partial charge in [-0.25, -0.2) is 0 Å². The number of hydrogen-bond acceptors (Lipinski definition) is 3. The van der Waals surface area contributed by atoms with Gasteiger partial charge in [-0.3, -0.25) is 9.59 Å². The van der Waals surface area contributed by atoms with E-state index in [1.807, 2.05) is 50.4 Å². The average molecular weight is 407 g/mol. The van der Waals surface area contributed by atoms with E-state index >= 15 is 0 Å². The molecule has 3 N–H and O–H groups in total. The van der Waals surface area contributed by atoms with E-state index in [4.69, 9.17) is 11.6 Å². The Hall–Kier alpha value is -2.02. The normalized spacial score (nSPS) is 11.7. The lowest BCUT2D eigenvalue weighted by Gasteiger charge is -2.17. The van der Waals surface area contributed by atoms with Gasteiger partial charge in [0.15, 0.2) is 13.1 Å². The fourth-order valence-corrected chi connectivity index (χ4v) is 3.23. The van der Waals surface area contributed by atoms with Gasteiger partial charge in [0, 0.05) is 21.3 Å². The number of hydrogen-bond donors (Lipinski definition) is 3. The highest BCUT2D eigenvalue weighted by molar-refractivity contribution is 7.98. The van der Waals surface area contributed by atoms with Crippen molar-refractivity contribution in [3.05, 3.63) is 53.1 Å². The predicted octanol–water partition coefficient (Wildman–Crippen LogP) is 2.85. The maximum absolute atomic E-state index is 12.4. The first kappa shape index (κ1) is 21.3. The van der Waals surface area contributed by atoms with Gasteiger partial charge in [-0.05, 0) is 56.0 Å². The maximum Gasteiger partial charge on any atom is 0.279 e. The molecule has 0 spiro atoms. The Morgan fingerprint density at radius 2 is 1.78 bits per heavy atom. The van der Waals surface area contributed by atoms with Crippen molar-refractivity contribution in [1.29, 1.82) is 0 Å². The first-order valence-electron chi connectivity index (χ1n) is 8.74. The molecule has 7 heteroatoms. The Kier molecular flexibility index (Phi) is 8.16. The maximum atomic E-state index is 12.4. The number of rotatable bonds is 8. The van der Waals surface area contributed by atoms with Crippen molar-refractivity contribution in [2.24, 2.45) is 0 Å². The number of benzene rings is 2. The van der Waals surface area contributed by atoms with Crippen LogP contribution in [0.15, 0.2) is 47.4 Å². The minimum Gasteiger partial charge on any atom is -0.321 e. The number of likely N-dealkylation sites (N-methyl/N-ethyl adjacent to an activating group) is 1. The topological polar surface area (TPSA) is 62.6 Å². The standard InChI is InChI=1S/C20H24ClN3O2S/c1-4-24(12-19(25)22-16-6-5-7-17(11-16)27-3)13-20(26)23-18-10-15(21)9-8-14(18)2/h5-11H,4,12-13H2,1-3H3,(H,22,25)(H,23,26)/p+1. The molecule has 27 heavy (non-hydrogen) atoms. The Bertz CT molecular complexity index is 814. The largest absolute Gasteiger partial charge is 0.321 e. The third kappa shape index (κ3) is 6.90. The summed E-state index contributed by atoms with van der Waals surface area (Å²) >= 11 is 7.61. The highest BCUT2D eigenvalue weighted by Gasteiger charge is 2.17. The second kappa shape index (κ2) is 10.3. The number of amides is 2. The molecule has 0 heterocycles. The van der Waals surface area contributed by atoms with E-state index < -0.39 is 0 Å². The smallest absolute Gasteiger partial charge is 0.279 e. The molecule has 0 aliphatic rings. The van der Waals surface area contributed by atoms with Crippen molar-refractivity contribution in [1.82, 2.24) is 0 Å². The summed E-state index contributed by atoms with van der Waals surface area (Å²) in [5.74, 6) is -0.258. The highest BCUT2D eigenvalue weighted by atomic mass is 35.5. The van der Waals surface area contributed by atoms with Crippen molar-refractivity contribution < 1.29 is 14.5 Å². The van der Waals surface area contributed by atoms with Gasteiger partial charge in [-0.15, -0.1) is 11.8 Å². The number of carbonyl (C=O) groups is 2. The SMILES string of the molecule is CC[NH+](CC(=O)Nc1cccc(SC)c1)CC(=O)Nc1cc(Cl)ccc1C. The number of carbonyl (C=O) groups excluding carboxylic acids is 2. The molecule has 0 fully saturated rings. The summed E-state index contributed by atoms with van der Waals surface area (Å²) in [6.45, 7) is 4.96. The van der Waals surface area contributed by atoms with E-state index in [-0.39, 0.29) is 24.9 Å². The molecule has 1 unspecified atom stereocenters. The molecule has 2 aromatic rings. The Balaban J connectivity index is 1.91. The lowest BCUT2D eigenvalue weighted by Crippen LogP contribution is -3.13. The molecular weight excluding hydrogens is 382 g/mol. The van der Waals surface area contributed by atoms with Crippen LogP contribution in [-0.4, -0.2) is 37.7 Å². The summed E-state index contributed by atoms with van der Waals surface area (Å²) in [7, 11) is 0. The van der Waals surface area contributed by atoms with Crippen LogP contribution in [0.2, 0.25) is 5.02 Å². The zero-order valence-corrected chi connectivity index (χ0v) is 17.3. The lowest BCUT2D eigenvalue weighted by atomic mass is 10.2. The van der Waals surface area contributed by atoms with Crippen LogP contribution in [-0.2, 0) is 9.59 Å². The molecule has 0 saturated carbocycles. The van der Waals surface area contributed by atoms with Crippen LogP contribution in [0.1, 0.15) is 12.5 Å². The van der Waals surface area contributed by atoms with E-state index in [2.05, 4.69) is 10.6 Å². The van der Waals surface area contributed by atoms with Crippen LogP contribution < -0.4 is 15.5 Å². The number of halogens is 1. The fourth-order valence-electron chi connectivity index (χ4n) is 2.60. The Labute approximate surface area is 169 Å². The van der Waals surface area contributed by atoms with Crippen molar-refractivity contribution in [3.8, 4) is 0 Å². The Morgan fingerprint density at radius 3 is 2.44 bits per heavy atom. The summed E-state index contributed by atoms with van der Waals surface area (Å²) < 4.78 is 0. The first-order chi connectivity index (χ1) is 12.9. The molecule has 0 radical (unpaired) electrons. The van der Waals surface area contributed by atoms with Gasteiger partial charge in [0.05, 0.1) is 6.54 Å². The molecule has 2 rings (SSSR count). The van der Waals surface area contributed by atoms with Crippen molar-refractivity contribution in [2.45, 2.75) is 18.7 Å². The zero-order valence-electron chi connectivity index (χ0n) is 15.8. The summed E-state index contributed by atoms with van der Waals surface area (Å²) in [5.41, 5.74) is 2.40. The highest BCUT2D eigenvalue weighted by Crippen LogP contribution is 2.20. The molecule has 5 nitrogen and oxygen atoms in total. The van der Waals surface area contributed by atoms with Crippen molar-refractivity contribution >= 4 is 46.6 Å². The van der Waals surface area contributed by atoms with Gasteiger partial charge >= 0.3 is 0 Å². The van der Waals surface area contributed by atoms with Crippen molar-refractivity contribution in [2.75, 3.05) is 36.5 Å². The predicted molar refractivity (Wildman–Crippen MR) is 113 cm³/mol. The van der Waals surface area contributed by atoms with Gasteiger partial charge in [0.1, 0.15) is 0 Å². The summed E-state index contributed by atoms with van der Waals surface area (Å²) in [4.78, 5) is 26.7. The van der Waals surface area contributed by atoms with Gasteiger partial charge in [0.25, 0.3) is 11.8 Å².